The summed E-state index contributed by atoms with van der Waals surface area (Å²) in [7, 11) is 1.82. The van der Waals surface area contributed by atoms with E-state index in [9.17, 15) is 15.0 Å². The van der Waals surface area contributed by atoms with E-state index < -0.39 is 0 Å². The van der Waals surface area contributed by atoms with Crippen LogP contribution in [0.5, 0.6) is 11.5 Å². The van der Waals surface area contributed by atoms with Gasteiger partial charge in [-0.3, -0.25) is 9.69 Å². The third-order valence-electron chi connectivity index (χ3n) is 2.79. The van der Waals surface area contributed by atoms with Crippen molar-refractivity contribution >= 4 is 17.1 Å². The number of aromatic nitrogens is 1. The molecule has 2 aromatic rings. The van der Waals surface area contributed by atoms with Crippen molar-refractivity contribution in [3.05, 3.63) is 39.8 Å². The Bertz CT molecular complexity index is 625. The van der Waals surface area contributed by atoms with Crippen LogP contribution >= 0.6 is 11.3 Å². The molecule has 0 amide bonds. The van der Waals surface area contributed by atoms with E-state index in [2.05, 4.69) is 4.98 Å². The monoisotopic (exact) mass is 292 g/mol. The van der Waals surface area contributed by atoms with Crippen molar-refractivity contribution in [2.24, 2.45) is 0 Å². The number of thiazole rings is 1. The molecule has 0 spiro atoms. The quantitative estimate of drug-likeness (QED) is 0.826. The van der Waals surface area contributed by atoms with Crippen LogP contribution in [0.4, 0.5) is 0 Å². The van der Waals surface area contributed by atoms with Crippen LogP contribution in [-0.4, -0.2) is 39.5 Å². The molecule has 0 aliphatic heterocycles. The van der Waals surface area contributed by atoms with E-state index >= 15 is 0 Å². The second kappa shape index (κ2) is 6.02. The largest absolute Gasteiger partial charge is 0.508 e. The molecule has 1 heterocycles. The fourth-order valence-corrected chi connectivity index (χ4v) is 2.50. The molecule has 2 rings (SSSR count). The van der Waals surface area contributed by atoms with Crippen molar-refractivity contribution in [1.29, 1.82) is 0 Å². The first-order valence-electron chi connectivity index (χ1n) is 6.10. The third-order valence-corrected chi connectivity index (χ3v) is 3.62. The van der Waals surface area contributed by atoms with E-state index in [4.69, 9.17) is 0 Å². The minimum atomic E-state index is -0.201. The van der Waals surface area contributed by atoms with Gasteiger partial charge in [0.15, 0.2) is 5.78 Å². The smallest absolute Gasteiger partial charge is 0.180 e. The van der Waals surface area contributed by atoms with E-state index in [0.717, 1.165) is 16.8 Å². The maximum absolute atomic E-state index is 12.1. The molecule has 106 valence electrons. The van der Waals surface area contributed by atoms with E-state index in [1.165, 1.54) is 12.1 Å². The number of benzene rings is 1. The molecule has 1 aromatic carbocycles. The number of likely N-dealkylation sites (N-methyl/N-ethyl adjacent to an activating group) is 1. The lowest BCUT2D eigenvalue weighted by Gasteiger charge is -2.14. The molecule has 1 aromatic heterocycles. The molecule has 0 saturated carbocycles. The predicted molar refractivity (Wildman–Crippen MR) is 77.3 cm³/mol. The minimum Gasteiger partial charge on any atom is -0.508 e. The summed E-state index contributed by atoms with van der Waals surface area (Å²) in [5.41, 5.74) is 1.14. The van der Waals surface area contributed by atoms with Crippen molar-refractivity contribution in [2.45, 2.75) is 13.5 Å². The molecule has 0 bridgehead atoms. The van der Waals surface area contributed by atoms with Crippen molar-refractivity contribution < 1.29 is 15.0 Å². The number of ketones is 1. The number of phenols is 2. The highest BCUT2D eigenvalue weighted by Crippen LogP contribution is 2.23. The number of phenolic OH excluding ortho intramolecular Hbond substituents is 2. The van der Waals surface area contributed by atoms with Crippen LogP contribution in [0.2, 0.25) is 0 Å². The van der Waals surface area contributed by atoms with E-state index in [1.807, 2.05) is 24.3 Å². The molecule has 5 nitrogen and oxygen atoms in total. The predicted octanol–water partition coefficient (Wildman–Crippen LogP) is 2.18. The first-order valence-corrected chi connectivity index (χ1v) is 6.98. The van der Waals surface area contributed by atoms with Gasteiger partial charge in [0, 0.05) is 18.0 Å². The summed E-state index contributed by atoms with van der Waals surface area (Å²) < 4.78 is 0. The number of nitrogens with zero attached hydrogens (tertiary/aromatic N) is 2. The highest BCUT2D eigenvalue weighted by atomic mass is 32.1. The number of aryl methyl sites for hydroxylation is 1. The van der Waals surface area contributed by atoms with Crippen LogP contribution in [0.25, 0.3) is 0 Å². The summed E-state index contributed by atoms with van der Waals surface area (Å²) in [6.45, 7) is 2.69. The number of aromatic hydroxyl groups is 2. The zero-order valence-electron chi connectivity index (χ0n) is 11.3. The minimum absolute atomic E-state index is 0.0645. The average Bonchev–Trinajstić information content (AvgIpc) is 2.74. The van der Waals surface area contributed by atoms with Gasteiger partial charge in [0.1, 0.15) is 11.5 Å². The zero-order valence-corrected chi connectivity index (χ0v) is 12.1. The molecule has 0 aliphatic carbocycles. The van der Waals surface area contributed by atoms with Crippen LogP contribution in [0.15, 0.2) is 23.6 Å². The van der Waals surface area contributed by atoms with E-state index in [-0.39, 0.29) is 29.4 Å². The Hall–Kier alpha value is -1.92. The number of hydrogen-bond donors (Lipinski definition) is 2. The number of carbonyl (C=O) groups is 1. The lowest BCUT2D eigenvalue weighted by Crippen LogP contribution is -2.25. The molecular formula is C14H16N2O3S. The maximum atomic E-state index is 12.1. The van der Waals surface area contributed by atoms with Crippen molar-refractivity contribution in [1.82, 2.24) is 9.88 Å². The maximum Gasteiger partial charge on any atom is 0.180 e. The molecule has 0 unspecified atom stereocenters. The molecule has 0 atom stereocenters. The summed E-state index contributed by atoms with van der Waals surface area (Å²) in [5.74, 6) is -0.463. The summed E-state index contributed by atoms with van der Waals surface area (Å²) in [4.78, 5) is 18.3. The van der Waals surface area contributed by atoms with Gasteiger partial charge in [-0.15, -0.1) is 11.3 Å². The van der Waals surface area contributed by atoms with Crippen molar-refractivity contribution in [3.8, 4) is 11.5 Å². The van der Waals surface area contributed by atoms with Gasteiger partial charge in [0.05, 0.1) is 22.8 Å². The molecule has 0 saturated heterocycles. The topological polar surface area (TPSA) is 73.7 Å². The van der Waals surface area contributed by atoms with Gasteiger partial charge in [-0.1, -0.05) is 0 Å². The normalized spacial score (nSPS) is 10.9. The lowest BCUT2D eigenvalue weighted by atomic mass is 10.1. The number of Topliss-reactive ketones (excluding diaryl/α,β-unsaturated/α-hetero) is 1. The van der Waals surface area contributed by atoms with Gasteiger partial charge >= 0.3 is 0 Å². The standard InChI is InChI=1S/C14H16N2O3S/c1-9-15-10(8-20-9)6-16(2)7-14(19)12-4-3-11(17)5-13(12)18/h3-5,8,17-18H,6-7H2,1-2H3. The number of hydrogen-bond acceptors (Lipinski definition) is 6. The first kappa shape index (κ1) is 14.5. The zero-order chi connectivity index (χ0) is 14.7. The highest BCUT2D eigenvalue weighted by molar-refractivity contribution is 7.09. The highest BCUT2D eigenvalue weighted by Gasteiger charge is 2.14. The van der Waals surface area contributed by atoms with Crippen LogP contribution in [-0.2, 0) is 6.54 Å². The van der Waals surface area contributed by atoms with Gasteiger partial charge in [0.25, 0.3) is 0 Å². The fourth-order valence-electron chi connectivity index (χ4n) is 1.90. The third kappa shape index (κ3) is 3.55. The Kier molecular flexibility index (Phi) is 4.36. The summed E-state index contributed by atoms with van der Waals surface area (Å²) in [6, 6.07) is 3.97. The van der Waals surface area contributed by atoms with Crippen LogP contribution < -0.4 is 0 Å². The molecule has 0 fully saturated rings. The lowest BCUT2D eigenvalue weighted by molar-refractivity contribution is 0.0940. The Morgan fingerprint density at radius 1 is 1.40 bits per heavy atom. The number of rotatable bonds is 5. The second-order valence-corrected chi connectivity index (χ2v) is 5.72. The van der Waals surface area contributed by atoms with Gasteiger partial charge in [-0.25, -0.2) is 4.98 Å². The van der Waals surface area contributed by atoms with Gasteiger partial charge in [-0.2, -0.15) is 0 Å². The molecular weight excluding hydrogens is 276 g/mol. The van der Waals surface area contributed by atoms with Gasteiger partial charge in [0.2, 0.25) is 0 Å². The summed E-state index contributed by atoms with van der Waals surface area (Å²) in [6.07, 6.45) is 0. The molecule has 6 heteroatoms. The average molecular weight is 292 g/mol. The van der Waals surface area contributed by atoms with E-state index in [0.29, 0.717) is 6.54 Å². The summed E-state index contributed by atoms with van der Waals surface area (Å²) >= 11 is 1.58. The Balaban J connectivity index is 2.00. The Morgan fingerprint density at radius 3 is 2.75 bits per heavy atom. The Morgan fingerprint density at radius 2 is 2.15 bits per heavy atom. The summed E-state index contributed by atoms with van der Waals surface area (Å²) in [5, 5.41) is 21.8. The van der Waals surface area contributed by atoms with Crippen molar-refractivity contribution in [2.75, 3.05) is 13.6 Å². The van der Waals surface area contributed by atoms with Crippen LogP contribution in [0.1, 0.15) is 21.1 Å². The van der Waals surface area contributed by atoms with Crippen LogP contribution in [0, 0.1) is 6.92 Å². The molecule has 2 N–H and O–H groups in total. The molecule has 0 radical (unpaired) electrons. The van der Waals surface area contributed by atoms with E-state index in [1.54, 1.807) is 11.3 Å². The second-order valence-electron chi connectivity index (χ2n) is 4.65. The molecule has 20 heavy (non-hydrogen) atoms. The van der Waals surface area contributed by atoms with Crippen molar-refractivity contribution in [3.63, 3.8) is 0 Å². The van der Waals surface area contributed by atoms with Gasteiger partial charge < -0.3 is 10.2 Å². The molecule has 0 aliphatic rings. The van der Waals surface area contributed by atoms with Gasteiger partial charge in [-0.05, 0) is 26.1 Å². The Labute approximate surface area is 121 Å². The first-order chi connectivity index (χ1) is 9.45. The fraction of sp³-hybridized carbons (Fsp3) is 0.286. The number of carbonyl (C=O) groups excluding carboxylic acids is 1. The van der Waals surface area contributed by atoms with Crippen LogP contribution in [0.3, 0.4) is 0 Å². The SMILES string of the molecule is Cc1nc(CN(C)CC(=O)c2ccc(O)cc2O)cs1.